The van der Waals surface area contributed by atoms with Crippen molar-refractivity contribution in [3.05, 3.63) is 17.8 Å². The molecular weight excluding hydrogens is 238 g/mol. The minimum Gasteiger partial charge on any atom is -0.478 e. The standard InChI is InChI=1S/C10H13N5O3/c1-18-3-2-12-6-4-7(9(16)17)8-13-10(11)14-15(8)5-6/h4-5,12H,2-3H2,1H3,(H2,11,14)(H,16,17). The lowest BCUT2D eigenvalue weighted by Crippen LogP contribution is -2.10. The molecule has 0 aromatic carbocycles. The van der Waals surface area contributed by atoms with Crippen LogP contribution in [0.5, 0.6) is 0 Å². The summed E-state index contributed by atoms with van der Waals surface area (Å²) in [4.78, 5) is 15.0. The number of nitrogens with zero attached hydrogens (tertiary/aromatic N) is 3. The third-order valence-corrected chi connectivity index (χ3v) is 2.32. The number of fused-ring (bicyclic) bond motifs is 1. The summed E-state index contributed by atoms with van der Waals surface area (Å²) in [6.45, 7) is 1.07. The number of aromatic nitrogens is 3. The first-order valence-electron chi connectivity index (χ1n) is 5.24. The van der Waals surface area contributed by atoms with E-state index in [9.17, 15) is 4.79 Å². The average Bonchev–Trinajstić information content (AvgIpc) is 2.68. The van der Waals surface area contributed by atoms with Gasteiger partial charge in [-0.3, -0.25) is 0 Å². The molecule has 0 aliphatic heterocycles. The number of carboxylic acid groups (broad SMARTS) is 1. The number of ether oxygens (including phenoxy) is 1. The number of nitrogens with one attached hydrogen (secondary N) is 1. The van der Waals surface area contributed by atoms with Crippen molar-refractivity contribution in [3.63, 3.8) is 0 Å². The fourth-order valence-electron chi connectivity index (χ4n) is 1.55. The Morgan fingerprint density at radius 3 is 3.11 bits per heavy atom. The molecule has 4 N–H and O–H groups in total. The topological polar surface area (TPSA) is 115 Å². The van der Waals surface area contributed by atoms with Crippen LogP contribution in [0, 0.1) is 0 Å². The summed E-state index contributed by atoms with van der Waals surface area (Å²) in [7, 11) is 1.59. The highest BCUT2D eigenvalue weighted by Gasteiger charge is 2.14. The van der Waals surface area contributed by atoms with Crippen LogP contribution in [0.3, 0.4) is 0 Å². The Kier molecular flexibility index (Phi) is 3.28. The molecule has 0 fully saturated rings. The quantitative estimate of drug-likeness (QED) is 0.644. The smallest absolute Gasteiger partial charge is 0.339 e. The average molecular weight is 251 g/mol. The minimum atomic E-state index is -1.08. The molecule has 0 saturated carbocycles. The van der Waals surface area contributed by atoms with Gasteiger partial charge in [0.25, 0.3) is 0 Å². The molecule has 2 aromatic rings. The van der Waals surface area contributed by atoms with Crippen molar-refractivity contribution in [3.8, 4) is 0 Å². The van der Waals surface area contributed by atoms with E-state index < -0.39 is 5.97 Å². The van der Waals surface area contributed by atoms with Crippen LogP contribution < -0.4 is 11.1 Å². The summed E-state index contributed by atoms with van der Waals surface area (Å²) in [5.41, 5.74) is 6.33. The van der Waals surface area contributed by atoms with Gasteiger partial charge in [-0.1, -0.05) is 0 Å². The van der Waals surface area contributed by atoms with E-state index in [4.69, 9.17) is 15.6 Å². The van der Waals surface area contributed by atoms with Crippen molar-refractivity contribution < 1.29 is 14.6 Å². The first-order chi connectivity index (χ1) is 8.61. The molecule has 0 atom stereocenters. The van der Waals surface area contributed by atoms with Crippen LogP contribution in [0.25, 0.3) is 5.65 Å². The number of carboxylic acids is 1. The Morgan fingerprint density at radius 1 is 1.67 bits per heavy atom. The Morgan fingerprint density at radius 2 is 2.44 bits per heavy atom. The summed E-state index contributed by atoms with van der Waals surface area (Å²) in [6.07, 6.45) is 1.63. The highest BCUT2D eigenvalue weighted by Crippen LogP contribution is 2.16. The molecular formula is C10H13N5O3. The van der Waals surface area contributed by atoms with E-state index in [1.165, 1.54) is 10.6 Å². The molecule has 0 aliphatic carbocycles. The zero-order chi connectivity index (χ0) is 13.1. The second-order valence-electron chi connectivity index (χ2n) is 3.61. The van der Waals surface area contributed by atoms with E-state index in [0.717, 1.165) is 0 Å². The molecule has 2 aromatic heterocycles. The molecule has 0 amide bonds. The van der Waals surface area contributed by atoms with Crippen LogP contribution >= 0.6 is 0 Å². The van der Waals surface area contributed by atoms with Crippen LogP contribution in [0.15, 0.2) is 12.3 Å². The normalized spacial score (nSPS) is 10.7. The van der Waals surface area contributed by atoms with Gasteiger partial charge in [0, 0.05) is 13.7 Å². The molecule has 96 valence electrons. The molecule has 18 heavy (non-hydrogen) atoms. The van der Waals surface area contributed by atoms with Gasteiger partial charge in [0.05, 0.1) is 18.5 Å². The van der Waals surface area contributed by atoms with Crippen LogP contribution in [0.2, 0.25) is 0 Å². The van der Waals surface area contributed by atoms with Gasteiger partial charge in [-0.2, -0.15) is 4.98 Å². The maximum absolute atomic E-state index is 11.1. The van der Waals surface area contributed by atoms with Gasteiger partial charge < -0.3 is 20.9 Å². The molecule has 8 heteroatoms. The maximum atomic E-state index is 11.1. The third-order valence-electron chi connectivity index (χ3n) is 2.32. The van der Waals surface area contributed by atoms with Crippen molar-refractivity contribution >= 4 is 23.3 Å². The summed E-state index contributed by atoms with van der Waals surface area (Å²) < 4.78 is 6.24. The summed E-state index contributed by atoms with van der Waals surface area (Å²) in [6, 6.07) is 1.49. The molecule has 0 radical (unpaired) electrons. The van der Waals surface area contributed by atoms with E-state index >= 15 is 0 Å². The molecule has 0 spiro atoms. The number of aromatic carboxylic acids is 1. The second kappa shape index (κ2) is 4.88. The summed E-state index contributed by atoms with van der Waals surface area (Å²) in [5.74, 6) is -1.05. The molecule has 2 heterocycles. The SMILES string of the molecule is COCCNc1cc(C(=O)O)c2nc(N)nn2c1. The van der Waals surface area contributed by atoms with Crippen molar-refractivity contribution in [1.29, 1.82) is 0 Å². The second-order valence-corrected chi connectivity index (χ2v) is 3.61. The van der Waals surface area contributed by atoms with Crippen LogP contribution in [-0.4, -0.2) is 45.9 Å². The van der Waals surface area contributed by atoms with Crippen molar-refractivity contribution in [1.82, 2.24) is 14.6 Å². The number of anilines is 2. The van der Waals surface area contributed by atoms with Gasteiger partial charge in [0.15, 0.2) is 5.65 Å². The first-order valence-corrected chi connectivity index (χ1v) is 5.24. The number of methoxy groups -OCH3 is 1. The fourth-order valence-corrected chi connectivity index (χ4v) is 1.55. The number of carbonyl (C=O) groups is 1. The third kappa shape index (κ3) is 2.33. The number of nitrogen functional groups attached to an aromatic ring is 1. The monoisotopic (exact) mass is 251 g/mol. The van der Waals surface area contributed by atoms with Crippen LogP contribution in [-0.2, 0) is 4.74 Å². The minimum absolute atomic E-state index is 0.0338. The molecule has 0 aliphatic rings. The van der Waals surface area contributed by atoms with Crippen molar-refractivity contribution in [2.24, 2.45) is 0 Å². The zero-order valence-electron chi connectivity index (χ0n) is 9.75. The maximum Gasteiger partial charge on any atom is 0.339 e. The molecule has 8 nitrogen and oxygen atoms in total. The lowest BCUT2D eigenvalue weighted by molar-refractivity contribution is 0.0698. The number of nitrogens with two attached hydrogens (primary N) is 1. The van der Waals surface area contributed by atoms with Crippen molar-refractivity contribution in [2.45, 2.75) is 0 Å². The number of hydrogen-bond donors (Lipinski definition) is 3. The highest BCUT2D eigenvalue weighted by molar-refractivity contribution is 5.95. The first kappa shape index (κ1) is 12.1. The fraction of sp³-hybridized carbons (Fsp3) is 0.300. The lowest BCUT2D eigenvalue weighted by Gasteiger charge is -2.07. The summed E-state index contributed by atoms with van der Waals surface area (Å²) in [5, 5.41) is 16.0. The van der Waals surface area contributed by atoms with Gasteiger partial charge in [0.1, 0.15) is 5.56 Å². The molecule has 0 saturated heterocycles. The Balaban J connectivity index is 2.40. The predicted molar refractivity (Wildman–Crippen MR) is 64.7 cm³/mol. The van der Waals surface area contributed by atoms with E-state index in [1.54, 1.807) is 13.3 Å². The van der Waals surface area contributed by atoms with Crippen LogP contribution in [0.1, 0.15) is 10.4 Å². The number of hydrogen-bond acceptors (Lipinski definition) is 6. The zero-order valence-corrected chi connectivity index (χ0v) is 9.75. The van der Waals surface area contributed by atoms with E-state index in [-0.39, 0.29) is 17.2 Å². The summed E-state index contributed by atoms with van der Waals surface area (Å²) >= 11 is 0. The van der Waals surface area contributed by atoms with Gasteiger partial charge in [-0.25, -0.2) is 9.31 Å². The van der Waals surface area contributed by atoms with Gasteiger partial charge >= 0.3 is 5.97 Å². The van der Waals surface area contributed by atoms with E-state index in [1.807, 2.05) is 0 Å². The van der Waals surface area contributed by atoms with Gasteiger partial charge in [-0.15, -0.1) is 5.10 Å². The van der Waals surface area contributed by atoms with Gasteiger partial charge in [-0.05, 0) is 6.07 Å². The Labute approximate surface area is 102 Å². The van der Waals surface area contributed by atoms with Crippen molar-refractivity contribution in [2.75, 3.05) is 31.3 Å². The molecule has 0 bridgehead atoms. The van der Waals surface area contributed by atoms with E-state index in [2.05, 4.69) is 15.4 Å². The van der Waals surface area contributed by atoms with Crippen LogP contribution in [0.4, 0.5) is 11.6 Å². The number of rotatable bonds is 5. The predicted octanol–water partition coefficient (Wildman–Crippen LogP) is 0.0680. The molecule has 2 rings (SSSR count). The highest BCUT2D eigenvalue weighted by atomic mass is 16.5. The largest absolute Gasteiger partial charge is 0.478 e. The lowest BCUT2D eigenvalue weighted by atomic mass is 10.2. The number of pyridine rings is 1. The molecule has 0 unspecified atom stereocenters. The van der Waals surface area contributed by atoms with Gasteiger partial charge in [0.2, 0.25) is 5.95 Å². The van der Waals surface area contributed by atoms with E-state index in [0.29, 0.717) is 18.8 Å². The Bertz CT molecular complexity index is 580. The Hall–Kier alpha value is -2.35.